The zero-order chi connectivity index (χ0) is 18.4. The van der Waals surface area contributed by atoms with Crippen molar-refractivity contribution >= 4 is 11.6 Å². The Morgan fingerprint density at radius 1 is 1.36 bits per heavy atom. The maximum atomic E-state index is 13.9. The second-order valence-electron chi connectivity index (χ2n) is 5.78. The fraction of sp³-hybridized carbons (Fsp3) is 0.312. The van der Waals surface area contributed by atoms with Crippen LogP contribution in [0.15, 0.2) is 41.3 Å². The van der Waals surface area contributed by atoms with E-state index in [1.54, 1.807) is 18.2 Å². The van der Waals surface area contributed by atoms with E-state index in [1.165, 1.54) is 19.1 Å². The molecule has 3 rings (SSSR count). The molecular weight excluding hydrogens is 333 g/mol. The Balaban J connectivity index is 2.27. The molecule has 0 unspecified atom stereocenters. The zero-order valence-electron chi connectivity index (χ0n) is 13.2. The summed E-state index contributed by atoms with van der Waals surface area (Å²) >= 11 is 0. The van der Waals surface area contributed by atoms with E-state index in [9.17, 15) is 24.2 Å². The molecule has 1 aromatic heterocycles. The van der Waals surface area contributed by atoms with Crippen LogP contribution in [0.25, 0.3) is 0 Å². The van der Waals surface area contributed by atoms with Gasteiger partial charge in [-0.05, 0) is 6.92 Å². The van der Waals surface area contributed by atoms with Crippen LogP contribution in [0.2, 0.25) is 0 Å². The van der Waals surface area contributed by atoms with E-state index in [4.69, 9.17) is 10.5 Å². The lowest BCUT2D eigenvalue weighted by molar-refractivity contribution is -0.108. The molecule has 0 aliphatic carbocycles. The van der Waals surface area contributed by atoms with Crippen molar-refractivity contribution in [1.29, 1.82) is 0 Å². The quantitative estimate of drug-likeness (QED) is 0.646. The Morgan fingerprint density at radius 3 is 2.56 bits per heavy atom. The Kier molecular flexibility index (Phi) is 4.15. The number of carbonyl (C=O) groups is 1. The molecule has 1 saturated heterocycles. The Morgan fingerprint density at radius 2 is 2.00 bits per heavy atom. The van der Waals surface area contributed by atoms with Gasteiger partial charge in [0.2, 0.25) is 11.5 Å². The largest absolute Gasteiger partial charge is 0.387 e. The molecule has 0 spiro atoms. The molecule has 4 N–H and O–H groups in total. The minimum absolute atomic E-state index is 0.104. The number of nitrogen functional groups attached to an aromatic ring is 1. The van der Waals surface area contributed by atoms with Crippen LogP contribution in [-0.2, 0) is 10.5 Å². The average molecular weight is 349 g/mol. The molecule has 0 radical (unpaired) electrons. The van der Waals surface area contributed by atoms with Gasteiger partial charge < -0.3 is 20.7 Å². The van der Waals surface area contributed by atoms with Crippen LogP contribution in [0.4, 0.5) is 10.2 Å². The van der Waals surface area contributed by atoms with E-state index in [-0.39, 0.29) is 5.56 Å². The van der Waals surface area contributed by atoms with Crippen molar-refractivity contribution in [3.63, 3.8) is 0 Å². The number of nitrogens with zero attached hydrogens (tertiary/aromatic N) is 2. The minimum atomic E-state index is -2.36. The van der Waals surface area contributed by atoms with Gasteiger partial charge in [0.1, 0.15) is 12.2 Å². The number of halogens is 1. The predicted molar refractivity (Wildman–Crippen MR) is 84.2 cm³/mol. The molecule has 1 aliphatic rings. The molecule has 0 bridgehead atoms. The van der Waals surface area contributed by atoms with Gasteiger partial charge in [-0.25, -0.2) is 9.18 Å². The Labute approximate surface area is 141 Å². The number of ether oxygens (including phenoxy) is 1. The van der Waals surface area contributed by atoms with E-state index in [2.05, 4.69) is 4.98 Å². The van der Waals surface area contributed by atoms with Crippen LogP contribution in [0.1, 0.15) is 17.3 Å². The third-order valence-corrected chi connectivity index (χ3v) is 4.20. The van der Waals surface area contributed by atoms with Crippen LogP contribution in [0.5, 0.6) is 0 Å². The van der Waals surface area contributed by atoms with E-state index in [0.717, 1.165) is 0 Å². The third-order valence-electron chi connectivity index (χ3n) is 4.20. The zero-order valence-corrected chi connectivity index (χ0v) is 13.2. The number of ketones is 1. The highest BCUT2D eigenvalue weighted by Crippen LogP contribution is 2.37. The Hall–Kier alpha value is -2.62. The Bertz CT molecular complexity index is 872. The highest BCUT2D eigenvalue weighted by Gasteiger charge is 2.60. The molecule has 8 nitrogen and oxygen atoms in total. The van der Waals surface area contributed by atoms with Crippen molar-refractivity contribution in [3.05, 3.63) is 58.4 Å². The summed E-state index contributed by atoms with van der Waals surface area (Å²) < 4.78 is 20.0. The van der Waals surface area contributed by atoms with Crippen LogP contribution in [0, 0.1) is 5.82 Å². The molecule has 0 saturated carbocycles. The van der Waals surface area contributed by atoms with Gasteiger partial charge in [-0.1, -0.05) is 30.3 Å². The van der Waals surface area contributed by atoms with Crippen molar-refractivity contribution in [2.75, 3.05) is 5.73 Å². The highest BCUT2D eigenvalue weighted by atomic mass is 19.1. The van der Waals surface area contributed by atoms with Gasteiger partial charge in [-0.3, -0.25) is 9.36 Å². The number of benzene rings is 1. The standard InChI is InChI=1S/C16H16FN3O5/c1-8-11(21)13(23)16(25-8,12(22)9-5-3-2-4-6-9)20-7-10(17)14(18)19-15(20)24/h2-8,11,13,21,23H,1H3,(H2,18,19,24)/t8-,11-,13-,16-/m1/s1. The first-order valence-electron chi connectivity index (χ1n) is 7.48. The maximum absolute atomic E-state index is 13.9. The van der Waals surface area contributed by atoms with Crippen LogP contribution < -0.4 is 11.4 Å². The molecule has 1 fully saturated rings. The van der Waals surface area contributed by atoms with Gasteiger partial charge in [0, 0.05) is 5.56 Å². The summed E-state index contributed by atoms with van der Waals surface area (Å²) in [6.07, 6.45) is -3.65. The second kappa shape index (κ2) is 6.03. The van der Waals surface area contributed by atoms with Crippen molar-refractivity contribution in [2.24, 2.45) is 0 Å². The summed E-state index contributed by atoms with van der Waals surface area (Å²) in [5, 5.41) is 20.6. The van der Waals surface area contributed by atoms with Gasteiger partial charge >= 0.3 is 5.69 Å². The number of anilines is 1. The summed E-state index contributed by atoms with van der Waals surface area (Å²) in [6, 6.07) is 7.71. The monoisotopic (exact) mass is 349 g/mol. The lowest BCUT2D eigenvalue weighted by atomic mass is 9.93. The molecular formula is C16H16FN3O5. The van der Waals surface area contributed by atoms with Gasteiger partial charge in [0.05, 0.1) is 12.3 Å². The first-order chi connectivity index (χ1) is 11.8. The number of aliphatic hydroxyl groups excluding tert-OH is 2. The lowest BCUT2D eigenvalue weighted by Gasteiger charge is -2.32. The first-order valence-corrected chi connectivity index (χ1v) is 7.48. The number of hydrogen-bond donors (Lipinski definition) is 3. The van der Waals surface area contributed by atoms with Crippen molar-refractivity contribution in [3.8, 4) is 0 Å². The van der Waals surface area contributed by atoms with Crippen molar-refractivity contribution in [2.45, 2.75) is 31.0 Å². The van der Waals surface area contributed by atoms with Crippen molar-refractivity contribution < 1.29 is 24.1 Å². The normalized spacial score (nSPS) is 28.9. The molecule has 9 heteroatoms. The van der Waals surface area contributed by atoms with Crippen molar-refractivity contribution in [1.82, 2.24) is 9.55 Å². The molecule has 4 atom stereocenters. The van der Waals surface area contributed by atoms with Gasteiger partial charge in [0.15, 0.2) is 11.6 Å². The van der Waals surface area contributed by atoms with E-state index >= 15 is 0 Å². The summed E-state index contributed by atoms with van der Waals surface area (Å²) in [4.78, 5) is 28.6. The number of hydrogen-bond acceptors (Lipinski definition) is 7. The van der Waals surface area contributed by atoms with Gasteiger partial charge in [-0.2, -0.15) is 4.98 Å². The van der Waals surface area contributed by atoms with Crippen LogP contribution >= 0.6 is 0 Å². The summed E-state index contributed by atoms with van der Waals surface area (Å²) in [5.41, 5.74) is 1.92. The van der Waals surface area contributed by atoms with E-state index in [0.29, 0.717) is 10.8 Å². The van der Waals surface area contributed by atoms with Crippen LogP contribution in [-0.4, -0.2) is 43.9 Å². The molecule has 25 heavy (non-hydrogen) atoms. The fourth-order valence-corrected chi connectivity index (χ4v) is 2.89. The molecule has 1 aliphatic heterocycles. The molecule has 132 valence electrons. The van der Waals surface area contributed by atoms with E-state index in [1.807, 2.05) is 0 Å². The van der Waals surface area contributed by atoms with Gasteiger partial charge in [0.25, 0.3) is 0 Å². The third kappa shape index (κ3) is 2.53. The topological polar surface area (TPSA) is 128 Å². The molecule has 0 amide bonds. The lowest BCUT2D eigenvalue weighted by Crippen LogP contribution is -2.56. The average Bonchev–Trinajstić information content (AvgIpc) is 2.83. The molecule has 1 aromatic carbocycles. The number of carbonyl (C=O) groups excluding carboxylic acids is 1. The second-order valence-corrected chi connectivity index (χ2v) is 5.78. The smallest absolute Gasteiger partial charge is 0.352 e. The SMILES string of the molecule is C[C@H]1O[C@@](C(=O)c2ccccc2)(n2cc(F)c(N)nc2=O)[C@H](O)[C@@H]1O. The number of rotatable bonds is 3. The summed E-state index contributed by atoms with van der Waals surface area (Å²) in [7, 11) is 0. The number of aliphatic hydroxyl groups is 2. The predicted octanol–water partition coefficient (Wildman–Crippen LogP) is -0.359. The van der Waals surface area contributed by atoms with Crippen LogP contribution in [0.3, 0.4) is 0 Å². The number of nitrogens with two attached hydrogens (primary N) is 1. The van der Waals surface area contributed by atoms with Gasteiger partial charge in [-0.15, -0.1) is 0 Å². The van der Waals surface area contributed by atoms with E-state index < -0.39 is 47.1 Å². The maximum Gasteiger partial charge on any atom is 0.352 e. The molecule has 2 heterocycles. The molecule has 2 aromatic rings. The summed E-state index contributed by atoms with van der Waals surface area (Å²) in [6.45, 7) is 1.42. The number of aromatic nitrogens is 2. The number of Topliss-reactive ketones (excluding diaryl/α,β-unsaturated/α-hetero) is 1. The highest BCUT2D eigenvalue weighted by molar-refractivity contribution is 6.01. The first kappa shape index (κ1) is 17.2. The summed E-state index contributed by atoms with van der Waals surface area (Å²) in [5.74, 6) is -2.54. The minimum Gasteiger partial charge on any atom is -0.387 e. The fourth-order valence-electron chi connectivity index (χ4n) is 2.89.